The van der Waals surface area contributed by atoms with E-state index in [0.29, 0.717) is 0 Å². The van der Waals surface area contributed by atoms with Crippen LogP contribution in [0, 0.1) is 12.8 Å². The predicted octanol–water partition coefficient (Wildman–Crippen LogP) is 3.13. The van der Waals surface area contributed by atoms with Gasteiger partial charge < -0.3 is 10.2 Å². The van der Waals surface area contributed by atoms with Gasteiger partial charge in [-0.05, 0) is 38.4 Å². The Bertz CT molecular complexity index is 838. The summed E-state index contributed by atoms with van der Waals surface area (Å²) in [5.74, 6) is 0.230. The maximum atomic E-state index is 12.6. The lowest BCUT2D eigenvalue weighted by Gasteiger charge is -2.29. The molecule has 0 unspecified atom stereocenters. The standard InChI is InChI=1S/C20H22N4O/c1-15-13-19(17-6-2-3-7-18(17)22-15)23-9-11-24(12-10-23)20(25)16-5-4-8-21-14-16/h2-3,6-7,9-13,16,21H,4-5,8,14H2,1H3/t16-/m0/s1. The van der Waals surface area contributed by atoms with Crippen LogP contribution in [0.5, 0.6) is 0 Å². The van der Waals surface area contributed by atoms with Crippen LogP contribution < -0.4 is 10.2 Å². The van der Waals surface area contributed by atoms with E-state index in [-0.39, 0.29) is 11.8 Å². The molecule has 4 rings (SSSR count). The summed E-state index contributed by atoms with van der Waals surface area (Å²) in [5.41, 5.74) is 3.02. The molecule has 2 aliphatic heterocycles. The molecule has 1 saturated heterocycles. The number of carbonyl (C=O) groups excluding carboxylic acids is 1. The van der Waals surface area contributed by atoms with E-state index in [9.17, 15) is 4.79 Å². The smallest absolute Gasteiger partial charge is 0.235 e. The first-order chi connectivity index (χ1) is 12.2. The topological polar surface area (TPSA) is 48.5 Å². The van der Waals surface area contributed by atoms with Gasteiger partial charge in [0.15, 0.2) is 0 Å². The highest BCUT2D eigenvalue weighted by atomic mass is 16.2. The largest absolute Gasteiger partial charge is 0.320 e. The van der Waals surface area contributed by atoms with Crippen LogP contribution >= 0.6 is 0 Å². The van der Waals surface area contributed by atoms with Crippen LogP contribution in [0.4, 0.5) is 5.69 Å². The molecule has 128 valence electrons. The summed E-state index contributed by atoms with van der Waals surface area (Å²) in [6.07, 6.45) is 9.60. The predicted molar refractivity (Wildman–Crippen MR) is 99.7 cm³/mol. The van der Waals surface area contributed by atoms with Crippen LogP contribution in [-0.2, 0) is 4.79 Å². The number of nitrogens with one attached hydrogen (secondary N) is 1. The molecule has 25 heavy (non-hydrogen) atoms. The van der Waals surface area contributed by atoms with Gasteiger partial charge in [-0.3, -0.25) is 14.7 Å². The molecule has 0 radical (unpaired) electrons. The van der Waals surface area contributed by atoms with Crippen molar-refractivity contribution < 1.29 is 4.79 Å². The highest BCUT2D eigenvalue weighted by Gasteiger charge is 2.25. The molecule has 0 spiro atoms. The van der Waals surface area contributed by atoms with Crippen LogP contribution in [0.25, 0.3) is 10.9 Å². The summed E-state index contributed by atoms with van der Waals surface area (Å²) in [6.45, 7) is 3.78. The van der Waals surface area contributed by atoms with Crippen molar-refractivity contribution in [2.24, 2.45) is 5.92 Å². The third-order valence-corrected chi connectivity index (χ3v) is 4.78. The lowest BCUT2D eigenvalue weighted by Crippen LogP contribution is -2.40. The monoisotopic (exact) mass is 334 g/mol. The Labute approximate surface area is 147 Å². The summed E-state index contributed by atoms with van der Waals surface area (Å²) in [5, 5.41) is 4.40. The summed E-state index contributed by atoms with van der Waals surface area (Å²) in [6, 6.07) is 10.2. The zero-order valence-corrected chi connectivity index (χ0v) is 14.4. The van der Waals surface area contributed by atoms with Crippen LogP contribution in [0.15, 0.2) is 55.1 Å². The molecule has 5 heteroatoms. The van der Waals surface area contributed by atoms with Gasteiger partial charge in [-0.25, -0.2) is 0 Å². The number of hydrogen-bond acceptors (Lipinski definition) is 4. The lowest BCUT2D eigenvalue weighted by molar-refractivity contribution is -0.131. The minimum Gasteiger partial charge on any atom is -0.320 e. The molecular formula is C20H22N4O. The molecule has 0 aliphatic carbocycles. The number of aryl methyl sites for hydroxylation is 1. The number of amides is 1. The first-order valence-corrected chi connectivity index (χ1v) is 8.76. The van der Waals surface area contributed by atoms with Crippen molar-refractivity contribution in [2.45, 2.75) is 19.8 Å². The van der Waals surface area contributed by atoms with Crippen molar-refractivity contribution in [3.8, 4) is 0 Å². The number of carbonyl (C=O) groups is 1. The van der Waals surface area contributed by atoms with E-state index in [0.717, 1.165) is 48.2 Å². The number of anilines is 1. The van der Waals surface area contributed by atoms with Crippen molar-refractivity contribution in [3.05, 3.63) is 60.8 Å². The summed E-state index contributed by atoms with van der Waals surface area (Å²) in [4.78, 5) is 20.9. The van der Waals surface area contributed by atoms with Crippen LogP contribution in [0.1, 0.15) is 18.5 Å². The second-order valence-corrected chi connectivity index (χ2v) is 6.59. The Morgan fingerprint density at radius 3 is 2.76 bits per heavy atom. The van der Waals surface area contributed by atoms with Crippen molar-refractivity contribution in [3.63, 3.8) is 0 Å². The van der Waals surface area contributed by atoms with Crippen molar-refractivity contribution >= 4 is 22.5 Å². The van der Waals surface area contributed by atoms with Gasteiger partial charge in [-0.15, -0.1) is 0 Å². The van der Waals surface area contributed by atoms with Crippen LogP contribution in [0.2, 0.25) is 0 Å². The highest BCUT2D eigenvalue weighted by molar-refractivity contribution is 5.93. The average Bonchev–Trinajstić information content (AvgIpc) is 2.67. The molecule has 0 saturated carbocycles. The molecule has 1 amide bonds. The average molecular weight is 334 g/mol. The second kappa shape index (κ2) is 6.69. The van der Waals surface area contributed by atoms with Crippen molar-refractivity contribution in [1.29, 1.82) is 0 Å². The molecule has 1 aromatic heterocycles. The minimum absolute atomic E-state index is 0.0681. The van der Waals surface area contributed by atoms with Gasteiger partial charge in [0.2, 0.25) is 5.91 Å². The molecule has 1 N–H and O–H groups in total. The maximum Gasteiger partial charge on any atom is 0.235 e. The number of para-hydroxylation sites is 1. The molecule has 0 bridgehead atoms. The van der Waals surface area contributed by atoms with Gasteiger partial charge in [0.1, 0.15) is 0 Å². The quantitative estimate of drug-likeness (QED) is 0.917. The van der Waals surface area contributed by atoms with Gasteiger partial charge in [0, 0.05) is 42.4 Å². The number of nitrogens with zero attached hydrogens (tertiary/aromatic N) is 3. The molecule has 3 heterocycles. The number of fused-ring (bicyclic) bond motifs is 1. The third-order valence-electron chi connectivity index (χ3n) is 4.78. The Morgan fingerprint density at radius 1 is 1.20 bits per heavy atom. The zero-order chi connectivity index (χ0) is 17.2. The van der Waals surface area contributed by atoms with Crippen molar-refractivity contribution in [1.82, 2.24) is 15.2 Å². The van der Waals surface area contributed by atoms with Gasteiger partial charge >= 0.3 is 0 Å². The Balaban J connectivity index is 1.57. The minimum atomic E-state index is 0.0681. The zero-order valence-electron chi connectivity index (χ0n) is 14.4. The van der Waals surface area contributed by atoms with E-state index < -0.39 is 0 Å². The van der Waals surface area contributed by atoms with E-state index in [4.69, 9.17) is 0 Å². The number of rotatable bonds is 2. The SMILES string of the molecule is Cc1cc(N2C=CN(C(=O)[C@H]3CCCNC3)C=C2)c2ccccc2n1. The van der Waals surface area contributed by atoms with Gasteiger partial charge in [-0.2, -0.15) is 0 Å². The second-order valence-electron chi connectivity index (χ2n) is 6.59. The fraction of sp³-hybridized carbons (Fsp3) is 0.300. The first kappa shape index (κ1) is 15.8. The number of hydrogen-bond donors (Lipinski definition) is 1. The number of pyridine rings is 1. The van der Waals surface area contributed by atoms with Crippen LogP contribution in [-0.4, -0.2) is 28.9 Å². The van der Waals surface area contributed by atoms with Gasteiger partial charge in [-0.1, -0.05) is 18.2 Å². The number of benzene rings is 1. The van der Waals surface area contributed by atoms with Gasteiger partial charge in [0.05, 0.1) is 17.1 Å². The fourth-order valence-electron chi connectivity index (χ4n) is 3.47. The molecule has 2 aromatic rings. The molecule has 1 atom stereocenters. The Morgan fingerprint density at radius 2 is 2.00 bits per heavy atom. The molecule has 1 aromatic carbocycles. The van der Waals surface area contributed by atoms with Gasteiger partial charge in [0.25, 0.3) is 0 Å². The lowest BCUT2D eigenvalue weighted by atomic mass is 9.98. The molecule has 2 aliphatic rings. The fourth-order valence-corrected chi connectivity index (χ4v) is 3.47. The van der Waals surface area contributed by atoms with Crippen molar-refractivity contribution in [2.75, 3.05) is 18.0 Å². The highest BCUT2D eigenvalue weighted by Crippen LogP contribution is 2.28. The summed E-state index contributed by atoms with van der Waals surface area (Å²) in [7, 11) is 0. The Kier molecular flexibility index (Phi) is 4.24. The van der Waals surface area contributed by atoms with E-state index in [1.54, 1.807) is 4.90 Å². The third kappa shape index (κ3) is 3.15. The first-order valence-electron chi connectivity index (χ1n) is 8.76. The van der Waals surface area contributed by atoms with Crippen LogP contribution in [0.3, 0.4) is 0 Å². The Hall–Kier alpha value is -2.66. The van der Waals surface area contributed by atoms with E-state index in [2.05, 4.69) is 22.4 Å². The molecule has 5 nitrogen and oxygen atoms in total. The molecule has 1 fully saturated rings. The van der Waals surface area contributed by atoms with E-state index >= 15 is 0 Å². The maximum absolute atomic E-state index is 12.6. The normalized spacial score (nSPS) is 20.3. The summed E-state index contributed by atoms with van der Waals surface area (Å²) >= 11 is 0. The number of aromatic nitrogens is 1. The van der Waals surface area contributed by atoms with E-state index in [1.807, 2.05) is 54.8 Å². The molecular weight excluding hydrogens is 312 g/mol. The van der Waals surface area contributed by atoms with E-state index in [1.165, 1.54) is 0 Å². The number of piperidine rings is 1. The summed E-state index contributed by atoms with van der Waals surface area (Å²) < 4.78 is 0.